The fourth-order valence-electron chi connectivity index (χ4n) is 3.08. The highest BCUT2D eigenvalue weighted by Crippen LogP contribution is 2.28. The molecule has 8 heteroatoms. The number of benzene rings is 2. The SMILES string of the molecule is NC(=O)Nc1n[nH]c2cc(OC3CCN(c4ccccc4)C3=O)ccc12. The van der Waals surface area contributed by atoms with E-state index in [-0.39, 0.29) is 5.91 Å². The molecule has 4 N–H and O–H groups in total. The Labute approximate surface area is 148 Å². The van der Waals surface area contributed by atoms with Crippen molar-refractivity contribution < 1.29 is 14.3 Å². The Morgan fingerprint density at radius 1 is 1.27 bits per heavy atom. The molecule has 3 aromatic rings. The van der Waals surface area contributed by atoms with Crippen molar-refractivity contribution in [1.82, 2.24) is 10.2 Å². The third-order valence-corrected chi connectivity index (χ3v) is 4.28. The van der Waals surface area contributed by atoms with Gasteiger partial charge in [-0.2, -0.15) is 5.10 Å². The van der Waals surface area contributed by atoms with Crippen molar-refractivity contribution in [3.63, 3.8) is 0 Å². The van der Waals surface area contributed by atoms with Gasteiger partial charge in [0.2, 0.25) is 0 Å². The summed E-state index contributed by atoms with van der Waals surface area (Å²) in [5, 5.41) is 9.97. The molecule has 132 valence electrons. The fraction of sp³-hybridized carbons (Fsp3) is 0.167. The van der Waals surface area contributed by atoms with E-state index in [0.29, 0.717) is 35.4 Å². The number of ether oxygens (including phenoxy) is 1. The molecule has 1 aliphatic heterocycles. The van der Waals surface area contributed by atoms with Crippen molar-refractivity contribution in [2.45, 2.75) is 12.5 Å². The van der Waals surface area contributed by atoms with E-state index in [0.717, 1.165) is 5.69 Å². The van der Waals surface area contributed by atoms with Crippen molar-refractivity contribution in [2.75, 3.05) is 16.8 Å². The molecule has 3 amide bonds. The summed E-state index contributed by atoms with van der Waals surface area (Å²) in [6.07, 6.45) is 0.0854. The van der Waals surface area contributed by atoms with Crippen LogP contribution in [0.5, 0.6) is 5.75 Å². The first-order valence-electron chi connectivity index (χ1n) is 8.19. The monoisotopic (exact) mass is 351 g/mol. The van der Waals surface area contributed by atoms with Gasteiger partial charge in [0.05, 0.1) is 5.52 Å². The van der Waals surface area contributed by atoms with Crippen molar-refractivity contribution in [3.05, 3.63) is 48.5 Å². The van der Waals surface area contributed by atoms with Crippen molar-refractivity contribution >= 4 is 34.3 Å². The number of amides is 3. The zero-order valence-corrected chi connectivity index (χ0v) is 13.8. The van der Waals surface area contributed by atoms with Gasteiger partial charge in [-0.3, -0.25) is 15.2 Å². The fourth-order valence-corrected chi connectivity index (χ4v) is 3.08. The molecule has 0 radical (unpaired) electrons. The van der Waals surface area contributed by atoms with Crippen molar-refractivity contribution in [2.24, 2.45) is 5.73 Å². The molecule has 1 atom stereocenters. The first-order valence-corrected chi connectivity index (χ1v) is 8.19. The molecule has 2 heterocycles. The molecular formula is C18H17N5O3. The Balaban J connectivity index is 1.51. The van der Waals surface area contributed by atoms with Crippen LogP contribution in [-0.2, 0) is 4.79 Å². The second kappa shape index (κ2) is 6.40. The third kappa shape index (κ3) is 2.92. The van der Waals surface area contributed by atoms with Crippen molar-refractivity contribution in [1.29, 1.82) is 0 Å². The number of rotatable bonds is 4. The zero-order chi connectivity index (χ0) is 18.1. The van der Waals surface area contributed by atoms with Crippen LogP contribution in [0, 0.1) is 0 Å². The minimum Gasteiger partial charge on any atom is -0.480 e. The van der Waals surface area contributed by atoms with Gasteiger partial charge in [-0.15, -0.1) is 0 Å². The highest BCUT2D eigenvalue weighted by molar-refractivity contribution is 6.00. The number of hydrogen-bond donors (Lipinski definition) is 3. The summed E-state index contributed by atoms with van der Waals surface area (Å²) >= 11 is 0. The van der Waals surface area contributed by atoms with Crippen LogP contribution in [0.15, 0.2) is 48.5 Å². The Kier molecular flexibility index (Phi) is 3.92. The molecular weight excluding hydrogens is 334 g/mol. The number of anilines is 2. The number of H-pyrrole nitrogens is 1. The van der Waals surface area contributed by atoms with Gasteiger partial charge >= 0.3 is 6.03 Å². The molecule has 1 saturated heterocycles. The van der Waals surface area contributed by atoms with Crippen molar-refractivity contribution in [3.8, 4) is 5.75 Å². The van der Waals surface area contributed by atoms with Gasteiger partial charge in [0.1, 0.15) is 5.75 Å². The van der Waals surface area contributed by atoms with E-state index in [1.165, 1.54) is 0 Å². The number of fused-ring (bicyclic) bond motifs is 1. The molecule has 0 bridgehead atoms. The zero-order valence-electron chi connectivity index (χ0n) is 13.8. The molecule has 4 rings (SSSR count). The van der Waals surface area contributed by atoms with Gasteiger partial charge in [-0.05, 0) is 24.3 Å². The quantitative estimate of drug-likeness (QED) is 0.669. The second-order valence-corrected chi connectivity index (χ2v) is 5.99. The number of urea groups is 1. The van der Waals surface area contributed by atoms with E-state index >= 15 is 0 Å². The summed E-state index contributed by atoms with van der Waals surface area (Å²) in [5.74, 6) is 0.850. The Bertz CT molecular complexity index is 969. The molecule has 8 nitrogen and oxygen atoms in total. The first kappa shape index (κ1) is 15.9. The lowest BCUT2D eigenvalue weighted by Crippen LogP contribution is -2.32. The van der Waals surface area contributed by atoms with Crippen LogP contribution in [0.25, 0.3) is 10.9 Å². The molecule has 1 aliphatic rings. The molecule has 26 heavy (non-hydrogen) atoms. The Morgan fingerprint density at radius 2 is 2.08 bits per heavy atom. The second-order valence-electron chi connectivity index (χ2n) is 5.99. The standard InChI is InChI=1S/C18H17N5O3/c19-18(25)20-16-13-7-6-12(10-14(13)21-22-16)26-15-8-9-23(17(15)24)11-4-2-1-3-5-11/h1-7,10,15H,8-9H2,(H4,19,20,21,22,25). The lowest BCUT2D eigenvalue weighted by molar-refractivity contribution is -0.122. The number of carbonyl (C=O) groups excluding carboxylic acids is 2. The highest BCUT2D eigenvalue weighted by atomic mass is 16.5. The van der Waals surface area contributed by atoms with Gasteiger partial charge in [0.25, 0.3) is 5.91 Å². The van der Waals surface area contributed by atoms with Crippen LogP contribution in [0.1, 0.15) is 6.42 Å². The summed E-state index contributed by atoms with van der Waals surface area (Å²) in [6, 6.07) is 14.1. The number of nitrogens with zero attached hydrogens (tertiary/aromatic N) is 2. The maximum atomic E-state index is 12.6. The lowest BCUT2D eigenvalue weighted by Gasteiger charge is -2.17. The molecule has 0 spiro atoms. The van der Waals surface area contributed by atoms with Gasteiger partial charge in [-0.25, -0.2) is 4.79 Å². The average Bonchev–Trinajstić information content (AvgIpc) is 3.19. The van der Waals surface area contributed by atoms with Gasteiger partial charge in [0.15, 0.2) is 11.9 Å². The van der Waals surface area contributed by atoms with Crippen LogP contribution in [0.2, 0.25) is 0 Å². The lowest BCUT2D eigenvalue weighted by atomic mass is 10.2. The van der Waals surface area contributed by atoms with Crippen LogP contribution < -0.4 is 20.7 Å². The van der Waals surface area contributed by atoms with Gasteiger partial charge in [0, 0.05) is 30.1 Å². The number of aromatic amines is 1. The smallest absolute Gasteiger partial charge is 0.317 e. The number of nitrogens with two attached hydrogens (primary N) is 1. The number of carbonyl (C=O) groups is 2. The number of aromatic nitrogens is 2. The largest absolute Gasteiger partial charge is 0.480 e. The topological polar surface area (TPSA) is 113 Å². The van der Waals surface area contributed by atoms with E-state index < -0.39 is 12.1 Å². The summed E-state index contributed by atoms with van der Waals surface area (Å²) in [4.78, 5) is 25.3. The van der Waals surface area contributed by atoms with E-state index in [4.69, 9.17) is 10.5 Å². The number of para-hydroxylation sites is 1. The minimum atomic E-state index is -0.684. The summed E-state index contributed by atoms with van der Waals surface area (Å²) in [5.41, 5.74) is 6.67. The van der Waals surface area contributed by atoms with E-state index in [1.54, 1.807) is 23.1 Å². The van der Waals surface area contributed by atoms with Gasteiger partial charge < -0.3 is 15.4 Å². The minimum absolute atomic E-state index is 0.0583. The molecule has 0 saturated carbocycles. The van der Waals surface area contributed by atoms with Crippen LogP contribution >= 0.6 is 0 Å². The first-order chi connectivity index (χ1) is 12.6. The average molecular weight is 351 g/mol. The Morgan fingerprint density at radius 3 is 2.85 bits per heavy atom. The third-order valence-electron chi connectivity index (χ3n) is 4.28. The number of hydrogen-bond acceptors (Lipinski definition) is 4. The molecule has 1 fully saturated rings. The summed E-state index contributed by atoms with van der Waals surface area (Å²) in [7, 11) is 0. The molecule has 0 aliphatic carbocycles. The summed E-state index contributed by atoms with van der Waals surface area (Å²) < 4.78 is 5.89. The predicted molar refractivity (Wildman–Crippen MR) is 97.1 cm³/mol. The maximum Gasteiger partial charge on any atom is 0.317 e. The normalized spacial score (nSPS) is 16.8. The molecule has 2 aromatic carbocycles. The Hall–Kier alpha value is -3.55. The number of nitrogens with one attached hydrogen (secondary N) is 2. The molecule has 1 unspecified atom stereocenters. The molecule has 1 aromatic heterocycles. The maximum absolute atomic E-state index is 12.6. The van der Waals surface area contributed by atoms with Gasteiger partial charge in [-0.1, -0.05) is 18.2 Å². The number of primary amides is 1. The van der Waals surface area contributed by atoms with E-state index in [9.17, 15) is 9.59 Å². The summed E-state index contributed by atoms with van der Waals surface area (Å²) in [6.45, 7) is 0.618. The van der Waals surface area contributed by atoms with E-state index in [2.05, 4.69) is 15.5 Å². The van der Waals surface area contributed by atoms with Crippen LogP contribution in [0.3, 0.4) is 0 Å². The predicted octanol–water partition coefficient (Wildman–Crippen LogP) is 2.24. The van der Waals surface area contributed by atoms with E-state index in [1.807, 2.05) is 30.3 Å². The van der Waals surface area contributed by atoms with Crippen LogP contribution in [0.4, 0.5) is 16.3 Å². The van der Waals surface area contributed by atoms with Crippen LogP contribution in [-0.4, -0.2) is 34.8 Å². The highest BCUT2D eigenvalue weighted by Gasteiger charge is 2.34.